The average molecular weight is 905 g/mol. The second-order valence-electron chi connectivity index (χ2n) is 18.0. The van der Waals surface area contributed by atoms with E-state index in [-0.39, 0.29) is 6.71 Å². The summed E-state index contributed by atoms with van der Waals surface area (Å²) in [4.78, 5) is 12.8. The molecule has 0 N–H and O–H groups in total. The zero-order valence-corrected chi connectivity index (χ0v) is 39.3. The number of hydrogen-bond acceptors (Lipinski definition) is 7. The SMILES string of the molecule is [C-]#[N+]c1cc(B2c3ccc(N(c4ccccc4)c4ccccc4)cc3Oc3cc(N(c4ccccc4)c4ccccc4)ccc32)c(C#N)cc1B1c2ccc(N(C)C)cc2Oc2cc(N(C)C)ccc21. The van der Waals surface area contributed by atoms with Crippen molar-refractivity contribution in [3.63, 3.8) is 0 Å². The van der Waals surface area contributed by atoms with Gasteiger partial charge in [0, 0.05) is 104 Å². The van der Waals surface area contributed by atoms with Gasteiger partial charge in [0.15, 0.2) is 5.69 Å². The van der Waals surface area contributed by atoms with Crippen molar-refractivity contribution in [2.45, 2.75) is 0 Å². The summed E-state index contributed by atoms with van der Waals surface area (Å²) < 4.78 is 13.8. The van der Waals surface area contributed by atoms with Crippen LogP contribution in [0.4, 0.5) is 51.2 Å². The first-order chi connectivity index (χ1) is 34.3. The highest BCUT2D eigenvalue weighted by Gasteiger charge is 2.39. The van der Waals surface area contributed by atoms with Gasteiger partial charge in [-0.05, 0) is 94.6 Å². The van der Waals surface area contributed by atoms with Crippen molar-refractivity contribution in [3.05, 3.63) is 223 Å². The lowest BCUT2D eigenvalue weighted by Gasteiger charge is -2.32. The molecule has 2 aliphatic rings. The number of rotatable bonds is 10. The summed E-state index contributed by atoms with van der Waals surface area (Å²) in [6.45, 7) is 7.98. The van der Waals surface area contributed by atoms with Crippen LogP contribution in [-0.2, 0) is 0 Å². The van der Waals surface area contributed by atoms with Gasteiger partial charge >= 0.3 is 0 Å². The molecule has 0 atom stereocenters. The number of nitrogens with zero attached hydrogens (tertiary/aromatic N) is 6. The molecule has 0 fully saturated rings. The van der Waals surface area contributed by atoms with Crippen LogP contribution in [0.25, 0.3) is 4.85 Å². The predicted octanol–water partition coefficient (Wildman–Crippen LogP) is 10.4. The highest BCUT2D eigenvalue weighted by Crippen LogP contribution is 2.41. The molecule has 9 aromatic carbocycles. The zero-order valence-electron chi connectivity index (χ0n) is 39.3. The minimum Gasteiger partial charge on any atom is -0.458 e. The Hall–Kier alpha value is -9.11. The van der Waals surface area contributed by atoms with Crippen molar-refractivity contribution in [2.75, 3.05) is 47.8 Å². The van der Waals surface area contributed by atoms with Gasteiger partial charge in [0.25, 0.3) is 6.71 Å². The van der Waals surface area contributed by atoms with Crippen LogP contribution < -0.4 is 61.9 Å². The normalized spacial score (nSPS) is 11.9. The van der Waals surface area contributed by atoms with Gasteiger partial charge < -0.3 is 29.1 Å². The summed E-state index contributed by atoms with van der Waals surface area (Å²) in [6, 6.07) is 72.9. The number of hydrogen-bond donors (Lipinski definition) is 0. The Bertz CT molecular complexity index is 3240. The molecule has 334 valence electrons. The van der Waals surface area contributed by atoms with Crippen molar-refractivity contribution in [3.8, 4) is 29.1 Å². The fraction of sp³-hybridized carbons (Fsp3) is 0.0667. The Labute approximate surface area is 410 Å². The van der Waals surface area contributed by atoms with Crippen LogP contribution >= 0.6 is 0 Å². The number of nitriles is 1. The molecule has 0 saturated heterocycles. The van der Waals surface area contributed by atoms with Gasteiger partial charge in [0.1, 0.15) is 23.0 Å². The maximum absolute atomic E-state index is 11.3. The third-order valence-electron chi connectivity index (χ3n) is 13.3. The summed E-state index contributed by atoms with van der Waals surface area (Å²) in [7, 11) is 8.03. The van der Waals surface area contributed by atoms with Gasteiger partial charge in [-0.15, -0.1) is 0 Å². The van der Waals surface area contributed by atoms with Gasteiger partial charge in [0.2, 0.25) is 6.71 Å². The fourth-order valence-electron chi connectivity index (χ4n) is 9.96. The summed E-state index contributed by atoms with van der Waals surface area (Å²) in [6.07, 6.45) is 0. The third kappa shape index (κ3) is 7.82. The van der Waals surface area contributed by atoms with E-state index in [4.69, 9.17) is 16.0 Å². The third-order valence-corrected chi connectivity index (χ3v) is 13.3. The van der Waals surface area contributed by atoms with E-state index in [9.17, 15) is 5.26 Å². The maximum atomic E-state index is 11.3. The first-order valence-electron chi connectivity index (χ1n) is 23.3. The van der Waals surface area contributed by atoms with E-state index in [1.54, 1.807) is 0 Å². The lowest BCUT2D eigenvalue weighted by Crippen LogP contribution is -2.58. The molecule has 0 saturated carbocycles. The van der Waals surface area contributed by atoms with Gasteiger partial charge in [-0.2, -0.15) is 5.26 Å². The summed E-state index contributed by atoms with van der Waals surface area (Å²) in [5, 5.41) is 11.3. The Morgan fingerprint density at radius 1 is 0.386 bits per heavy atom. The van der Waals surface area contributed by atoms with Gasteiger partial charge in [-0.3, -0.25) is 0 Å². The van der Waals surface area contributed by atoms with Gasteiger partial charge in [0.05, 0.1) is 12.6 Å². The first-order valence-corrected chi connectivity index (χ1v) is 23.3. The molecule has 9 aromatic rings. The molecule has 70 heavy (non-hydrogen) atoms. The highest BCUT2D eigenvalue weighted by molar-refractivity contribution is 6.99. The van der Waals surface area contributed by atoms with Crippen molar-refractivity contribution >= 4 is 97.4 Å². The van der Waals surface area contributed by atoms with E-state index in [0.717, 1.165) is 89.8 Å². The van der Waals surface area contributed by atoms with Crippen LogP contribution in [0.3, 0.4) is 0 Å². The quantitative estimate of drug-likeness (QED) is 0.100. The average Bonchev–Trinajstić information content (AvgIpc) is 3.40. The molecule has 8 nitrogen and oxygen atoms in total. The van der Waals surface area contributed by atoms with Crippen molar-refractivity contribution < 1.29 is 9.47 Å². The van der Waals surface area contributed by atoms with E-state index in [1.807, 2.05) is 113 Å². The first kappa shape index (κ1) is 43.5. The monoisotopic (exact) mass is 904 g/mol. The van der Waals surface area contributed by atoms with E-state index in [1.165, 1.54) is 0 Å². The number of anilines is 8. The minimum atomic E-state index is -0.464. The molecular formula is C60H46B2N6O2. The number of benzene rings is 9. The Kier molecular flexibility index (Phi) is 11.3. The second kappa shape index (κ2) is 18.2. The second-order valence-corrected chi connectivity index (χ2v) is 18.0. The van der Waals surface area contributed by atoms with E-state index < -0.39 is 6.71 Å². The van der Waals surface area contributed by atoms with Crippen LogP contribution in [0.1, 0.15) is 5.56 Å². The fourth-order valence-corrected chi connectivity index (χ4v) is 9.96. The number of para-hydroxylation sites is 4. The Morgan fingerprint density at radius 3 is 1.04 bits per heavy atom. The molecule has 0 aromatic heterocycles. The van der Waals surface area contributed by atoms with Crippen molar-refractivity contribution in [1.29, 1.82) is 5.26 Å². The summed E-state index contributed by atoms with van der Waals surface area (Å²) in [5.41, 5.74) is 13.9. The maximum Gasteiger partial charge on any atom is 0.251 e. The summed E-state index contributed by atoms with van der Waals surface area (Å²) in [5.74, 6) is 2.76. The molecule has 11 rings (SSSR count). The van der Waals surface area contributed by atoms with E-state index >= 15 is 0 Å². The van der Waals surface area contributed by atoms with Crippen molar-refractivity contribution in [1.82, 2.24) is 0 Å². The van der Waals surface area contributed by atoms with Crippen molar-refractivity contribution in [2.24, 2.45) is 0 Å². The number of ether oxygens (including phenoxy) is 2. The highest BCUT2D eigenvalue weighted by atomic mass is 16.5. The largest absolute Gasteiger partial charge is 0.458 e. The van der Waals surface area contributed by atoms with Gasteiger partial charge in [-0.25, -0.2) is 4.85 Å². The summed E-state index contributed by atoms with van der Waals surface area (Å²) >= 11 is 0. The van der Waals surface area contributed by atoms with Crippen LogP contribution in [0, 0.1) is 17.9 Å². The minimum absolute atomic E-state index is 0.375. The topological polar surface area (TPSA) is 59.6 Å². The molecule has 0 bridgehead atoms. The molecule has 10 heteroatoms. The predicted molar refractivity (Wildman–Crippen MR) is 291 cm³/mol. The lowest BCUT2D eigenvalue weighted by atomic mass is 9.33. The Morgan fingerprint density at radius 2 is 0.714 bits per heavy atom. The molecule has 2 heterocycles. The molecule has 0 unspecified atom stereocenters. The lowest BCUT2D eigenvalue weighted by molar-refractivity contribution is 0.487. The molecular weight excluding hydrogens is 858 g/mol. The van der Waals surface area contributed by atoms with Crippen LogP contribution in [-0.4, -0.2) is 41.6 Å². The van der Waals surface area contributed by atoms with Gasteiger partial charge in [-0.1, -0.05) is 120 Å². The van der Waals surface area contributed by atoms with E-state index in [2.05, 4.69) is 152 Å². The Balaban J connectivity index is 1.11. The van der Waals surface area contributed by atoms with E-state index in [0.29, 0.717) is 22.7 Å². The molecule has 0 amide bonds. The number of fused-ring (bicyclic) bond motifs is 4. The molecule has 2 aliphatic heterocycles. The molecule has 0 spiro atoms. The van der Waals surface area contributed by atoms with Crippen LogP contribution in [0.15, 0.2) is 206 Å². The standard InChI is InChI=1S/C60H46B2N6O2/c1-64-56-39-54(41(40-63)34-55(56)62-52-30-26-46(65(2)3)35-57(52)69-58-36-47(66(4)5)27-31-53(58)62)61-50-32-28-48(67(42-18-10-6-11-19-42)43-20-12-7-13-21-43)37-59(50)70-60-38-49(29-33-51(60)61)68(44-22-14-8-15-23-44)45-24-16-9-17-25-45/h6-39H,2-5H3. The zero-order chi connectivity index (χ0) is 47.9. The van der Waals surface area contributed by atoms with Crippen LogP contribution in [0.2, 0.25) is 0 Å². The van der Waals surface area contributed by atoms with Crippen LogP contribution in [0.5, 0.6) is 23.0 Å². The molecule has 0 aliphatic carbocycles. The smallest absolute Gasteiger partial charge is 0.251 e. The molecule has 0 radical (unpaired) electrons.